The van der Waals surface area contributed by atoms with Crippen LogP contribution in [0.4, 0.5) is 0 Å². The highest BCUT2D eigenvalue weighted by Gasteiger charge is 2.27. The number of aromatic nitrogens is 1. The average molecular weight is 223 g/mol. The molecule has 0 bridgehead atoms. The number of hydrogen-bond donors (Lipinski definition) is 1. The summed E-state index contributed by atoms with van der Waals surface area (Å²) in [5.74, 6) is 0.925. The molecule has 1 aliphatic rings. The minimum atomic E-state index is 0.500. The molecule has 0 spiro atoms. The number of nitrogens with zero attached hydrogens (tertiary/aromatic N) is 2. The van der Waals surface area contributed by atoms with E-state index in [1.807, 2.05) is 6.92 Å². The minimum Gasteiger partial charge on any atom is -0.448 e. The molecule has 0 aliphatic carbocycles. The SMILES string of the molecule is Cc1ocnc1CN1C(C)CCCC1CN. The van der Waals surface area contributed by atoms with Crippen LogP contribution in [-0.4, -0.2) is 28.5 Å². The molecule has 2 N–H and O–H groups in total. The fourth-order valence-electron chi connectivity index (χ4n) is 2.53. The van der Waals surface area contributed by atoms with E-state index in [-0.39, 0.29) is 0 Å². The second-order valence-corrected chi connectivity index (χ2v) is 4.70. The van der Waals surface area contributed by atoms with Crippen LogP contribution in [0.15, 0.2) is 10.8 Å². The predicted octanol–water partition coefficient (Wildman–Crippen LogP) is 1.68. The van der Waals surface area contributed by atoms with Crippen molar-refractivity contribution in [2.75, 3.05) is 6.54 Å². The molecule has 4 nitrogen and oxygen atoms in total. The standard InChI is InChI=1S/C12H21N3O/c1-9-4-3-5-11(6-13)15(9)7-12-10(2)16-8-14-12/h8-9,11H,3-7,13H2,1-2H3. The van der Waals surface area contributed by atoms with Crippen molar-refractivity contribution in [2.45, 2.75) is 51.7 Å². The Morgan fingerprint density at radius 3 is 3.00 bits per heavy atom. The van der Waals surface area contributed by atoms with Crippen molar-refractivity contribution in [3.05, 3.63) is 17.8 Å². The fourth-order valence-corrected chi connectivity index (χ4v) is 2.53. The van der Waals surface area contributed by atoms with Gasteiger partial charge in [-0.15, -0.1) is 0 Å². The molecule has 0 saturated carbocycles. The molecule has 4 heteroatoms. The van der Waals surface area contributed by atoms with E-state index in [4.69, 9.17) is 10.2 Å². The Hall–Kier alpha value is -0.870. The van der Waals surface area contributed by atoms with Crippen molar-refractivity contribution < 1.29 is 4.42 Å². The van der Waals surface area contributed by atoms with E-state index in [9.17, 15) is 0 Å². The Balaban J connectivity index is 2.08. The second kappa shape index (κ2) is 4.97. The fraction of sp³-hybridized carbons (Fsp3) is 0.750. The Morgan fingerprint density at radius 1 is 1.56 bits per heavy atom. The van der Waals surface area contributed by atoms with E-state index in [1.165, 1.54) is 25.7 Å². The topological polar surface area (TPSA) is 55.3 Å². The molecule has 1 fully saturated rings. The van der Waals surface area contributed by atoms with Gasteiger partial charge in [-0.3, -0.25) is 4.90 Å². The number of nitrogens with two attached hydrogens (primary N) is 1. The lowest BCUT2D eigenvalue weighted by Gasteiger charge is -2.39. The van der Waals surface area contributed by atoms with Gasteiger partial charge in [0.1, 0.15) is 5.76 Å². The highest BCUT2D eigenvalue weighted by molar-refractivity contribution is 5.05. The smallest absolute Gasteiger partial charge is 0.181 e. The molecule has 1 aromatic heterocycles. The maximum atomic E-state index is 5.84. The summed E-state index contributed by atoms with van der Waals surface area (Å²) in [6, 6.07) is 1.10. The number of aryl methyl sites for hydroxylation is 1. The van der Waals surface area contributed by atoms with Crippen molar-refractivity contribution >= 4 is 0 Å². The first-order valence-electron chi connectivity index (χ1n) is 6.07. The van der Waals surface area contributed by atoms with Gasteiger partial charge in [-0.1, -0.05) is 6.42 Å². The second-order valence-electron chi connectivity index (χ2n) is 4.70. The van der Waals surface area contributed by atoms with E-state index >= 15 is 0 Å². The molecule has 2 atom stereocenters. The molecule has 2 rings (SSSR count). The molecule has 1 aliphatic heterocycles. The Bertz CT molecular complexity index is 337. The summed E-state index contributed by atoms with van der Waals surface area (Å²) in [4.78, 5) is 6.73. The van der Waals surface area contributed by atoms with Crippen LogP contribution < -0.4 is 5.73 Å². The van der Waals surface area contributed by atoms with Crippen molar-refractivity contribution in [1.82, 2.24) is 9.88 Å². The first-order valence-corrected chi connectivity index (χ1v) is 6.07. The molecule has 0 radical (unpaired) electrons. The lowest BCUT2D eigenvalue weighted by molar-refractivity contribution is 0.0875. The first kappa shape index (κ1) is 11.6. The predicted molar refractivity (Wildman–Crippen MR) is 62.9 cm³/mol. The maximum absolute atomic E-state index is 5.84. The van der Waals surface area contributed by atoms with Gasteiger partial charge >= 0.3 is 0 Å². The van der Waals surface area contributed by atoms with Crippen LogP contribution in [0.3, 0.4) is 0 Å². The normalized spacial score (nSPS) is 27.2. The third-order valence-electron chi connectivity index (χ3n) is 3.64. The van der Waals surface area contributed by atoms with Gasteiger partial charge in [-0.25, -0.2) is 4.98 Å². The zero-order valence-corrected chi connectivity index (χ0v) is 10.1. The maximum Gasteiger partial charge on any atom is 0.181 e. The lowest BCUT2D eigenvalue weighted by atomic mass is 9.96. The molecule has 16 heavy (non-hydrogen) atoms. The van der Waals surface area contributed by atoms with Gasteiger partial charge in [0.05, 0.1) is 5.69 Å². The quantitative estimate of drug-likeness (QED) is 0.847. The molecule has 2 heterocycles. The molecular weight excluding hydrogens is 202 g/mol. The summed E-state index contributed by atoms with van der Waals surface area (Å²) < 4.78 is 5.24. The van der Waals surface area contributed by atoms with Crippen molar-refractivity contribution in [3.8, 4) is 0 Å². The highest BCUT2D eigenvalue weighted by Crippen LogP contribution is 2.24. The largest absolute Gasteiger partial charge is 0.448 e. The van der Waals surface area contributed by atoms with E-state index in [0.29, 0.717) is 12.1 Å². The van der Waals surface area contributed by atoms with Gasteiger partial charge in [0.25, 0.3) is 0 Å². The van der Waals surface area contributed by atoms with E-state index < -0.39 is 0 Å². The van der Waals surface area contributed by atoms with E-state index in [1.54, 1.807) is 0 Å². The number of hydrogen-bond acceptors (Lipinski definition) is 4. The number of oxazole rings is 1. The molecule has 2 unspecified atom stereocenters. The summed E-state index contributed by atoms with van der Waals surface area (Å²) in [5.41, 5.74) is 6.89. The van der Waals surface area contributed by atoms with Gasteiger partial charge in [-0.2, -0.15) is 0 Å². The third-order valence-corrected chi connectivity index (χ3v) is 3.64. The first-order chi connectivity index (χ1) is 7.72. The van der Waals surface area contributed by atoms with Crippen molar-refractivity contribution in [3.63, 3.8) is 0 Å². The summed E-state index contributed by atoms with van der Waals surface area (Å²) in [6.45, 7) is 5.85. The summed E-state index contributed by atoms with van der Waals surface area (Å²) in [7, 11) is 0. The van der Waals surface area contributed by atoms with E-state index in [2.05, 4.69) is 16.8 Å². The van der Waals surface area contributed by atoms with Crippen LogP contribution in [0.5, 0.6) is 0 Å². The Labute approximate surface area is 96.8 Å². The van der Waals surface area contributed by atoms with Crippen LogP contribution in [0.2, 0.25) is 0 Å². The number of piperidine rings is 1. The van der Waals surface area contributed by atoms with Crippen molar-refractivity contribution in [2.24, 2.45) is 5.73 Å². The Morgan fingerprint density at radius 2 is 2.38 bits per heavy atom. The van der Waals surface area contributed by atoms with Crippen LogP contribution in [0, 0.1) is 6.92 Å². The molecule has 0 aromatic carbocycles. The number of rotatable bonds is 3. The van der Waals surface area contributed by atoms with Crippen LogP contribution >= 0.6 is 0 Å². The highest BCUT2D eigenvalue weighted by atomic mass is 16.3. The van der Waals surface area contributed by atoms with Gasteiger partial charge in [0, 0.05) is 25.2 Å². The Kier molecular flexibility index (Phi) is 3.61. The molecular formula is C12H21N3O. The van der Waals surface area contributed by atoms with Crippen molar-refractivity contribution in [1.29, 1.82) is 0 Å². The zero-order valence-electron chi connectivity index (χ0n) is 10.1. The average Bonchev–Trinajstić information content (AvgIpc) is 2.67. The molecule has 1 aromatic rings. The summed E-state index contributed by atoms with van der Waals surface area (Å²) >= 11 is 0. The van der Waals surface area contributed by atoms with E-state index in [0.717, 1.165) is 24.5 Å². The number of likely N-dealkylation sites (tertiary alicyclic amines) is 1. The summed E-state index contributed by atoms with van der Waals surface area (Å²) in [5, 5.41) is 0. The van der Waals surface area contributed by atoms with Crippen LogP contribution in [-0.2, 0) is 6.54 Å². The minimum absolute atomic E-state index is 0.500. The van der Waals surface area contributed by atoms with Gasteiger partial charge in [0.15, 0.2) is 6.39 Å². The molecule has 90 valence electrons. The van der Waals surface area contributed by atoms with Crippen LogP contribution in [0.25, 0.3) is 0 Å². The van der Waals surface area contributed by atoms with Gasteiger partial charge in [0.2, 0.25) is 0 Å². The third kappa shape index (κ3) is 2.28. The molecule has 0 amide bonds. The monoisotopic (exact) mass is 223 g/mol. The van der Waals surface area contributed by atoms with Gasteiger partial charge < -0.3 is 10.2 Å². The zero-order chi connectivity index (χ0) is 11.5. The van der Waals surface area contributed by atoms with Gasteiger partial charge in [-0.05, 0) is 26.7 Å². The summed E-state index contributed by atoms with van der Waals surface area (Å²) in [6.07, 6.45) is 5.28. The lowest BCUT2D eigenvalue weighted by Crippen LogP contribution is -2.48. The molecule has 1 saturated heterocycles. The van der Waals surface area contributed by atoms with Crippen LogP contribution in [0.1, 0.15) is 37.6 Å².